The average Bonchev–Trinajstić information content (AvgIpc) is 2.76. The Kier molecular flexibility index (Phi) is 9.27. The second kappa shape index (κ2) is 11.7. The molecule has 0 saturated carbocycles. The second-order valence-corrected chi connectivity index (χ2v) is 6.41. The molecule has 3 aromatic rings. The summed E-state index contributed by atoms with van der Waals surface area (Å²) in [5, 5.41) is 21.1. The van der Waals surface area contributed by atoms with Gasteiger partial charge in [0.05, 0.1) is 12.2 Å². The van der Waals surface area contributed by atoms with Gasteiger partial charge in [-0.2, -0.15) is 0 Å². The quantitative estimate of drug-likeness (QED) is 0.295. The minimum atomic E-state index is -1.60. The Labute approximate surface area is 204 Å². The fourth-order valence-electron chi connectivity index (χ4n) is 2.73. The summed E-state index contributed by atoms with van der Waals surface area (Å²) in [6.45, 7) is 1.70. The molecule has 1 heterocycles. The van der Waals surface area contributed by atoms with Crippen LogP contribution < -0.4 is 49.6 Å². The smallest absolute Gasteiger partial charge is 0.542 e. The summed E-state index contributed by atoms with van der Waals surface area (Å²) in [6.07, 6.45) is -1.03. The number of ether oxygens (including phenoxy) is 3. The Morgan fingerprint density at radius 3 is 2.44 bits per heavy atom. The molecule has 162 valence electrons. The molecule has 1 N–H and O–H groups in total. The largest absolute Gasteiger partial charge is 1.00 e. The molecule has 0 spiro atoms. The van der Waals surface area contributed by atoms with Crippen LogP contribution in [0.15, 0.2) is 57.7 Å². The van der Waals surface area contributed by atoms with E-state index in [9.17, 15) is 24.6 Å². The van der Waals surface area contributed by atoms with Gasteiger partial charge in [-0.15, -0.1) is 0 Å². The Balaban J connectivity index is 0.00000363. The van der Waals surface area contributed by atoms with E-state index < -0.39 is 29.2 Å². The van der Waals surface area contributed by atoms with Crippen molar-refractivity contribution in [2.45, 2.75) is 13.0 Å². The van der Waals surface area contributed by atoms with E-state index in [1.54, 1.807) is 31.2 Å². The minimum absolute atomic E-state index is 0. The van der Waals surface area contributed by atoms with Crippen molar-refractivity contribution >= 4 is 22.9 Å². The van der Waals surface area contributed by atoms with Gasteiger partial charge in [0.15, 0.2) is 11.2 Å². The molecule has 32 heavy (non-hydrogen) atoms. The molecule has 1 unspecified atom stereocenters. The van der Waals surface area contributed by atoms with Crippen LogP contribution in [0.3, 0.4) is 0 Å². The molecule has 0 amide bonds. The molecule has 0 aliphatic heterocycles. The summed E-state index contributed by atoms with van der Waals surface area (Å²) in [6, 6.07) is 11.5. The molecule has 1 aromatic heterocycles. The normalized spacial score (nSPS) is 11.3. The van der Waals surface area contributed by atoms with Crippen LogP contribution in [0.5, 0.6) is 11.5 Å². The molecular formula is C22H19NaO9. The van der Waals surface area contributed by atoms with Crippen molar-refractivity contribution in [1.29, 1.82) is 0 Å². The van der Waals surface area contributed by atoms with E-state index in [0.29, 0.717) is 11.3 Å². The SMILES string of the molecule is CCOC(=O)c1ccc(OCC(O)COc2cccc3oc(C(=O)[O-])cc(=O)c23)cc1.[Na+]. The van der Waals surface area contributed by atoms with Gasteiger partial charge in [0.1, 0.15) is 47.8 Å². The van der Waals surface area contributed by atoms with Crippen LogP contribution in [0.2, 0.25) is 0 Å². The molecule has 2 aromatic carbocycles. The number of rotatable bonds is 9. The molecule has 3 rings (SSSR count). The van der Waals surface area contributed by atoms with E-state index in [0.717, 1.165) is 6.07 Å². The Hall–Kier alpha value is -2.85. The maximum absolute atomic E-state index is 12.2. The number of carboxylic acids is 1. The number of esters is 1. The van der Waals surface area contributed by atoms with Gasteiger partial charge in [0.2, 0.25) is 0 Å². The van der Waals surface area contributed by atoms with Crippen LogP contribution >= 0.6 is 0 Å². The summed E-state index contributed by atoms with van der Waals surface area (Å²) in [5.74, 6) is -2.05. The molecule has 1 atom stereocenters. The second-order valence-electron chi connectivity index (χ2n) is 6.41. The van der Waals surface area contributed by atoms with E-state index in [1.807, 2.05) is 0 Å². The number of carbonyl (C=O) groups is 2. The van der Waals surface area contributed by atoms with Gasteiger partial charge in [0.25, 0.3) is 0 Å². The standard InChI is InChI=1S/C22H20O9.Na/c1-2-28-22(27)13-6-8-15(9-7-13)29-11-14(23)12-30-17-4-3-5-18-20(17)16(24)10-19(31-18)21(25)26;/h3-10,14,23H,2,11-12H2,1H3,(H,25,26);/q;+1/p-1. The van der Waals surface area contributed by atoms with Crippen LogP contribution in [0.1, 0.15) is 27.8 Å². The van der Waals surface area contributed by atoms with E-state index in [1.165, 1.54) is 18.2 Å². The van der Waals surface area contributed by atoms with Crippen molar-refractivity contribution in [2.75, 3.05) is 19.8 Å². The van der Waals surface area contributed by atoms with Gasteiger partial charge >= 0.3 is 35.5 Å². The van der Waals surface area contributed by atoms with Crippen molar-refractivity contribution in [2.24, 2.45) is 0 Å². The van der Waals surface area contributed by atoms with Crippen LogP contribution in [-0.4, -0.2) is 43.0 Å². The van der Waals surface area contributed by atoms with E-state index in [2.05, 4.69) is 0 Å². The first kappa shape index (κ1) is 25.4. The molecule has 10 heteroatoms. The Bertz CT molecular complexity index is 1140. The number of fused-ring (bicyclic) bond motifs is 1. The van der Waals surface area contributed by atoms with E-state index >= 15 is 0 Å². The first-order chi connectivity index (χ1) is 14.9. The number of hydrogen-bond acceptors (Lipinski definition) is 9. The fraction of sp³-hybridized carbons (Fsp3) is 0.227. The number of carboxylic acid groups (broad SMARTS) is 1. The van der Waals surface area contributed by atoms with E-state index in [-0.39, 0.29) is 66.1 Å². The topological polar surface area (TPSA) is 135 Å². The number of benzene rings is 2. The number of aromatic carboxylic acids is 1. The zero-order valence-corrected chi connectivity index (χ0v) is 19.5. The molecule has 0 bridgehead atoms. The van der Waals surface area contributed by atoms with Crippen LogP contribution in [0.25, 0.3) is 11.0 Å². The molecule has 0 fully saturated rings. The van der Waals surface area contributed by atoms with Gasteiger partial charge in [0, 0.05) is 6.07 Å². The third-order valence-corrected chi connectivity index (χ3v) is 4.16. The first-order valence-corrected chi connectivity index (χ1v) is 9.38. The predicted octanol–water partition coefficient (Wildman–Crippen LogP) is -1.84. The van der Waals surface area contributed by atoms with Crippen LogP contribution in [-0.2, 0) is 4.74 Å². The van der Waals surface area contributed by atoms with Crippen molar-refractivity contribution in [1.82, 2.24) is 0 Å². The maximum atomic E-state index is 12.2. The summed E-state index contributed by atoms with van der Waals surface area (Å²) in [7, 11) is 0. The van der Waals surface area contributed by atoms with Gasteiger partial charge in [-0.05, 0) is 43.3 Å². The number of aliphatic hydroxyl groups is 1. The fourth-order valence-corrected chi connectivity index (χ4v) is 2.73. The van der Waals surface area contributed by atoms with Gasteiger partial charge in [-0.1, -0.05) is 6.07 Å². The Morgan fingerprint density at radius 1 is 1.09 bits per heavy atom. The summed E-state index contributed by atoms with van der Waals surface area (Å²) in [4.78, 5) is 34.8. The summed E-state index contributed by atoms with van der Waals surface area (Å²) < 4.78 is 21.0. The van der Waals surface area contributed by atoms with Crippen LogP contribution in [0.4, 0.5) is 0 Å². The molecule has 0 radical (unpaired) electrons. The van der Waals surface area contributed by atoms with Gasteiger partial charge in [-0.25, -0.2) is 4.79 Å². The molecule has 9 nitrogen and oxygen atoms in total. The molecule has 0 saturated heterocycles. The van der Waals surface area contributed by atoms with Crippen molar-refractivity contribution in [3.63, 3.8) is 0 Å². The predicted molar refractivity (Wildman–Crippen MR) is 106 cm³/mol. The number of aliphatic hydroxyl groups excluding tert-OH is 1. The first-order valence-electron chi connectivity index (χ1n) is 9.38. The summed E-state index contributed by atoms with van der Waals surface area (Å²) >= 11 is 0. The number of carbonyl (C=O) groups excluding carboxylic acids is 2. The number of hydrogen-bond donors (Lipinski definition) is 1. The third kappa shape index (κ3) is 6.33. The van der Waals surface area contributed by atoms with Gasteiger partial charge < -0.3 is 33.6 Å². The monoisotopic (exact) mass is 450 g/mol. The maximum Gasteiger partial charge on any atom is 1.00 e. The van der Waals surface area contributed by atoms with E-state index in [4.69, 9.17) is 18.6 Å². The molecule has 0 aliphatic rings. The van der Waals surface area contributed by atoms with Crippen molar-refractivity contribution in [3.05, 3.63) is 70.1 Å². The zero-order chi connectivity index (χ0) is 22.4. The minimum Gasteiger partial charge on any atom is -0.542 e. The van der Waals surface area contributed by atoms with Crippen LogP contribution in [0, 0.1) is 0 Å². The van der Waals surface area contributed by atoms with Crippen molar-refractivity contribution in [3.8, 4) is 11.5 Å². The molecule has 0 aliphatic carbocycles. The zero-order valence-electron chi connectivity index (χ0n) is 17.5. The average molecular weight is 450 g/mol. The van der Waals surface area contributed by atoms with Gasteiger partial charge in [-0.3, -0.25) is 4.79 Å². The third-order valence-electron chi connectivity index (χ3n) is 4.16. The molecular weight excluding hydrogens is 431 g/mol. The van der Waals surface area contributed by atoms with Crippen molar-refractivity contribution < 1.29 is 68.0 Å². The Morgan fingerprint density at radius 2 is 1.78 bits per heavy atom. The summed E-state index contributed by atoms with van der Waals surface area (Å²) in [5.41, 5.74) is -0.199.